The number of hydrogen-bond acceptors (Lipinski definition) is 7. The van der Waals surface area contributed by atoms with Crippen molar-refractivity contribution in [3.05, 3.63) is 41.2 Å². The van der Waals surface area contributed by atoms with E-state index >= 15 is 0 Å². The predicted molar refractivity (Wildman–Crippen MR) is 107 cm³/mol. The number of hydrogen-bond donors (Lipinski definition) is 0. The second-order valence-electron chi connectivity index (χ2n) is 6.72. The van der Waals surface area contributed by atoms with Crippen LogP contribution < -0.4 is 9.47 Å². The number of ketones is 1. The molecule has 8 heteroatoms. The summed E-state index contributed by atoms with van der Waals surface area (Å²) in [6.45, 7) is 2.12. The number of rotatable bonds is 6. The fourth-order valence-electron chi connectivity index (χ4n) is 3.49. The number of carbonyl (C=O) groups excluding carboxylic acids is 1. The first kappa shape index (κ1) is 18.7. The first-order valence-electron chi connectivity index (χ1n) is 9.27. The Hall–Kier alpha value is -2.61. The van der Waals surface area contributed by atoms with E-state index < -0.39 is 0 Å². The Balaban J connectivity index is 1.68. The maximum Gasteiger partial charge on any atom is 0.253 e. The average molecular weight is 398 g/mol. The molecule has 146 valence electrons. The summed E-state index contributed by atoms with van der Waals surface area (Å²) in [5.41, 5.74) is 2.39. The summed E-state index contributed by atoms with van der Waals surface area (Å²) >= 11 is 1.60. The Labute approximate surface area is 167 Å². The largest absolute Gasteiger partial charge is 0.497 e. The molecule has 0 bridgehead atoms. The molecule has 4 rings (SSSR count). The van der Waals surface area contributed by atoms with Crippen LogP contribution in [-0.4, -0.2) is 45.3 Å². The van der Waals surface area contributed by atoms with Crippen molar-refractivity contribution in [2.45, 2.75) is 37.3 Å². The van der Waals surface area contributed by atoms with Gasteiger partial charge in [0.05, 0.1) is 25.5 Å². The van der Waals surface area contributed by atoms with Crippen LogP contribution in [0.15, 0.2) is 29.6 Å². The highest BCUT2D eigenvalue weighted by atomic mass is 32.2. The summed E-state index contributed by atoms with van der Waals surface area (Å²) in [4.78, 5) is 22.0. The van der Waals surface area contributed by atoms with E-state index in [0.717, 1.165) is 34.9 Å². The molecule has 2 aromatic heterocycles. The number of aromatic nitrogens is 4. The molecule has 1 aliphatic rings. The fraction of sp³-hybridized carbons (Fsp3) is 0.400. The fourth-order valence-corrected chi connectivity index (χ4v) is 4.17. The quantitative estimate of drug-likeness (QED) is 0.588. The van der Waals surface area contributed by atoms with Crippen LogP contribution in [0.25, 0.3) is 5.78 Å². The Kier molecular flexibility index (Phi) is 5.21. The first-order chi connectivity index (χ1) is 13.6. The van der Waals surface area contributed by atoms with Crippen molar-refractivity contribution in [3.8, 4) is 11.5 Å². The molecule has 0 fully saturated rings. The van der Waals surface area contributed by atoms with Gasteiger partial charge in [-0.25, -0.2) is 9.50 Å². The smallest absolute Gasteiger partial charge is 0.253 e. The molecule has 7 nitrogen and oxygen atoms in total. The molecule has 0 N–H and O–H groups in total. The van der Waals surface area contributed by atoms with Crippen molar-refractivity contribution >= 4 is 23.3 Å². The lowest BCUT2D eigenvalue weighted by Crippen LogP contribution is -2.21. The van der Waals surface area contributed by atoms with Gasteiger partial charge in [-0.2, -0.15) is 4.98 Å². The van der Waals surface area contributed by atoms with E-state index in [2.05, 4.69) is 22.0 Å². The predicted octanol–water partition coefficient (Wildman–Crippen LogP) is 3.56. The highest BCUT2D eigenvalue weighted by molar-refractivity contribution is 7.99. The molecule has 2 heterocycles. The molecular formula is C20H22N4O3S. The summed E-state index contributed by atoms with van der Waals surface area (Å²) < 4.78 is 12.4. The second-order valence-corrected chi connectivity index (χ2v) is 7.79. The van der Waals surface area contributed by atoms with Crippen LogP contribution in [0.5, 0.6) is 11.5 Å². The second kappa shape index (κ2) is 7.79. The van der Waals surface area contributed by atoms with E-state index in [-0.39, 0.29) is 11.7 Å². The summed E-state index contributed by atoms with van der Waals surface area (Å²) in [6.07, 6.45) is 3.89. The number of methoxy groups -OCH3 is 2. The molecule has 0 saturated carbocycles. The minimum Gasteiger partial charge on any atom is -0.497 e. The molecule has 3 aromatic rings. The minimum atomic E-state index is 0.00710. The Bertz CT molecular complexity index is 1030. The summed E-state index contributed by atoms with van der Waals surface area (Å²) in [5, 5.41) is 5.13. The number of fused-ring (bicyclic) bond motifs is 2. The maximum absolute atomic E-state index is 12.8. The molecule has 1 aliphatic carbocycles. The van der Waals surface area contributed by atoms with Gasteiger partial charge in [0, 0.05) is 30.4 Å². The third kappa shape index (κ3) is 3.44. The molecule has 1 aromatic carbocycles. The number of benzene rings is 1. The van der Waals surface area contributed by atoms with E-state index in [0.29, 0.717) is 29.3 Å². The van der Waals surface area contributed by atoms with Gasteiger partial charge in [0.25, 0.3) is 5.78 Å². The molecule has 0 radical (unpaired) electrons. The number of nitrogens with zero attached hydrogens (tertiary/aromatic N) is 4. The van der Waals surface area contributed by atoms with Gasteiger partial charge in [-0.05, 0) is 24.5 Å². The first-order valence-corrected chi connectivity index (χ1v) is 10.3. The molecule has 0 amide bonds. The van der Waals surface area contributed by atoms with E-state index in [4.69, 9.17) is 9.47 Å². The van der Waals surface area contributed by atoms with Crippen LogP contribution in [0.4, 0.5) is 0 Å². The van der Waals surface area contributed by atoms with Gasteiger partial charge in [0.1, 0.15) is 11.5 Å². The van der Waals surface area contributed by atoms with Crippen LogP contribution in [-0.2, 0) is 6.42 Å². The van der Waals surface area contributed by atoms with E-state index in [1.807, 2.05) is 18.2 Å². The molecule has 0 saturated heterocycles. The van der Waals surface area contributed by atoms with Crippen LogP contribution in [0.2, 0.25) is 0 Å². The molecule has 0 spiro atoms. The van der Waals surface area contributed by atoms with Gasteiger partial charge in [-0.15, -0.1) is 5.10 Å². The molecule has 1 atom stereocenters. The highest BCUT2D eigenvalue weighted by Crippen LogP contribution is 2.38. The highest BCUT2D eigenvalue weighted by Gasteiger charge is 2.30. The Morgan fingerprint density at radius 1 is 1.21 bits per heavy atom. The summed E-state index contributed by atoms with van der Waals surface area (Å²) in [7, 11) is 3.25. The Morgan fingerprint density at radius 3 is 2.82 bits per heavy atom. The van der Waals surface area contributed by atoms with Gasteiger partial charge in [0.2, 0.25) is 5.16 Å². The van der Waals surface area contributed by atoms with E-state index in [9.17, 15) is 4.79 Å². The lowest BCUT2D eigenvalue weighted by atomic mass is 9.82. The minimum absolute atomic E-state index is 0.00710. The third-order valence-electron chi connectivity index (χ3n) is 4.88. The number of carbonyl (C=O) groups is 1. The van der Waals surface area contributed by atoms with Gasteiger partial charge in [-0.1, -0.05) is 24.8 Å². The van der Waals surface area contributed by atoms with Gasteiger partial charge >= 0.3 is 0 Å². The lowest BCUT2D eigenvalue weighted by molar-refractivity contribution is 0.0962. The topological polar surface area (TPSA) is 78.6 Å². The summed E-state index contributed by atoms with van der Waals surface area (Å²) in [6, 6.07) is 5.71. The molecule has 28 heavy (non-hydrogen) atoms. The summed E-state index contributed by atoms with van der Waals surface area (Å²) in [5.74, 6) is 3.01. The average Bonchev–Trinajstić information content (AvgIpc) is 3.12. The number of Topliss-reactive ketones (excluding diaryl/α,β-unsaturated/α-hetero) is 1. The van der Waals surface area contributed by atoms with Gasteiger partial charge in [0.15, 0.2) is 5.78 Å². The van der Waals surface area contributed by atoms with Crippen molar-refractivity contribution in [2.24, 2.45) is 0 Å². The zero-order valence-electron chi connectivity index (χ0n) is 16.1. The van der Waals surface area contributed by atoms with Crippen molar-refractivity contribution in [3.63, 3.8) is 0 Å². The maximum atomic E-state index is 12.8. The molecule has 0 aliphatic heterocycles. The SMILES string of the molecule is CCCSc1nc2nc3c(cn2n1)C(=O)C[C@@H](c1ccc(OC)cc1OC)C3. The monoisotopic (exact) mass is 398 g/mol. The van der Waals surface area contributed by atoms with Gasteiger partial charge in [-0.3, -0.25) is 4.79 Å². The number of ether oxygens (including phenoxy) is 2. The van der Waals surface area contributed by atoms with Crippen LogP contribution >= 0.6 is 11.8 Å². The zero-order chi connectivity index (χ0) is 19.7. The standard InChI is InChI=1S/C20H22N4O3S/c1-4-7-28-20-22-19-21-16-8-12(9-17(25)15(16)11-24(19)23-20)14-6-5-13(26-2)10-18(14)27-3/h5-6,10-12H,4,7-9H2,1-3H3/t12-/m0/s1. The van der Waals surface area contributed by atoms with Crippen molar-refractivity contribution in [1.29, 1.82) is 0 Å². The number of thioether (sulfide) groups is 1. The lowest BCUT2D eigenvalue weighted by Gasteiger charge is -2.24. The normalized spacial score (nSPS) is 16.2. The van der Waals surface area contributed by atoms with E-state index in [1.54, 1.807) is 36.7 Å². The van der Waals surface area contributed by atoms with Crippen molar-refractivity contribution in [2.75, 3.05) is 20.0 Å². The zero-order valence-corrected chi connectivity index (χ0v) is 17.0. The van der Waals surface area contributed by atoms with Crippen molar-refractivity contribution in [1.82, 2.24) is 19.6 Å². The van der Waals surface area contributed by atoms with Crippen molar-refractivity contribution < 1.29 is 14.3 Å². The molecule has 0 unspecified atom stereocenters. The third-order valence-corrected chi connectivity index (χ3v) is 5.92. The van der Waals surface area contributed by atoms with Crippen LogP contribution in [0, 0.1) is 0 Å². The van der Waals surface area contributed by atoms with Gasteiger partial charge < -0.3 is 9.47 Å². The van der Waals surface area contributed by atoms with E-state index in [1.165, 1.54) is 0 Å². The Morgan fingerprint density at radius 2 is 2.07 bits per heavy atom. The molecular weight excluding hydrogens is 376 g/mol. The van der Waals surface area contributed by atoms with Crippen LogP contribution in [0.1, 0.15) is 47.3 Å². The van der Waals surface area contributed by atoms with Crippen LogP contribution in [0.3, 0.4) is 0 Å².